The summed E-state index contributed by atoms with van der Waals surface area (Å²) in [5.74, 6) is 1.25. The molecule has 2 heterocycles. The fourth-order valence-corrected chi connectivity index (χ4v) is 2.93. The first-order chi connectivity index (χ1) is 13.0. The van der Waals surface area contributed by atoms with Crippen LogP contribution in [0.1, 0.15) is 5.56 Å². The summed E-state index contributed by atoms with van der Waals surface area (Å²) in [5, 5.41) is 8.40. The minimum atomic E-state index is -4.35. The molecule has 0 radical (unpaired) electrons. The lowest BCUT2D eigenvalue weighted by Gasteiger charge is -2.09. The summed E-state index contributed by atoms with van der Waals surface area (Å²) in [5.41, 5.74) is 2.16. The Hall–Kier alpha value is -3.35. The molecule has 0 unspecified atom stereocenters. The molecule has 0 atom stereocenters. The van der Waals surface area contributed by atoms with E-state index in [-0.39, 0.29) is 0 Å². The lowest BCUT2D eigenvalue weighted by molar-refractivity contribution is -0.137. The van der Waals surface area contributed by atoms with Crippen LogP contribution < -0.4 is 4.74 Å². The van der Waals surface area contributed by atoms with E-state index in [9.17, 15) is 13.2 Å². The number of benzene rings is 2. The van der Waals surface area contributed by atoms with Crippen molar-refractivity contribution in [3.8, 4) is 28.3 Å². The Balaban J connectivity index is 1.81. The SMILES string of the molecule is COc1ccccc1-c1nnc2ccc(-c3ccc(C(F)(F)F)cc3)cn12. The normalized spacial score (nSPS) is 11.7. The first-order valence-corrected chi connectivity index (χ1v) is 8.13. The van der Waals surface area contributed by atoms with Gasteiger partial charge in [-0.1, -0.05) is 24.3 Å². The van der Waals surface area contributed by atoms with Gasteiger partial charge in [-0.2, -0.15) is 13.2 Å². The van der Waals surface area contributed by atoms with Crippen LogP contribution in [0, 0.1) is 0 Å². The van der Waals surface area contributed by atoms with Gasteiger partial charge in [-0.05, 0) is 47.5 Å². The van der Waals surface area contributed by atoms with E-state index < -0.39 is 11.7 Å². The highest BCUT2D eigenvalue weighted by atomic mass is 19.4. The zero-order valence-corrected chi connectivity index (χ0v) is 14.2. The molecule has 4 rings (SSSR count). The molecule has 0 aliphatic rings. The van der Waals surface area contributed by atoms with E-state index in [0.717, 1.165) is 23.3 Å². The fourth-order valence-electron chi connectivity index (χ4n) is 2.93. The van der Waals surface area contributed by atoms with E-state index >= 15 is 0 Å². The van der Waals surface area contributed by atoms with Gasteiger partial charge in [0.2, 0.25) is 0 Å². The molecule has 2 aromatic heterocycles. The third kappa shape index (κ3) is 3.12. The van der Waals surface area contributed by atoms with Crippen LogP contribution in [0.5, 0.6) is 5.75 Å². The van der Waals surface area contributed by atoms with Crippen molar-refractivity contribution in [2.75, 3.05) is 7.11 Å². The number of fused-ring (bicyclic) bond motifs is 1. The smallest absolute Gasteiger partial charge is 0.416 e. The van der Waals surface area contributed by atoms with Gasteiger partial charge in [0.25, 0.3) is 0 Å². The summed E-state index contributed by atoms with van der Waals surface area (Å²) in [6, 6.07) is 16.1. The number of alkyl halides is 3. The van der Waals surface area contributed by atoms with Crippen LogP contribution in [0.4, 0.5) is 13.2 Å². The number of hydrogen-bond acceptors (Lipinski definition) is 3. The van der Waals surface area contributed by atoms with Crippen LogP contribution in [0.25, 0.3) is 28.2 Å². The van der Waals surface area contributed by atoms with Gasteiger partial charge in [0, 0.05) is 6.20 Å². The summed E-state index contributed by atoms with van der Waals surface area (Å²) in [6.07, 6.45) is -2.55. The third-order valence-electron chi connectivity index (χ3n) is 4.30. The van der Waals surface area contributed by atoms with Crippen molar-refractivity contribution in [2.24, 2.45) is 0 Å². The third-order valence-corrected chi connectivity index (χ3v) is 4.30. The maximum atomic E-state index is 12.8. The molecule has 0 spiro atoms. The second kappa shape index (κ2) is 6.42. The van der Waals surface area contributed by atoms with Gasteiger partial charge in [-0.25, -0.2) is 0 Å². The minimum absolute atomic E-state index is 0.594. The highest BCUT2D eigenvalue weighted by molar-refractivity contribution is 5.70. The molecule has 0 bridgehead atoms. The van der Waals surface area contributed by atoms with Gasteiger partial charge in [-0.3, -0.25) is 4.40 Å². The Labute approximate surface area is 152 Å². The standard InChI is InChI=1S/C20H14F3N3O/c1-27-17-5-3-2-4-16(17)19-25-24-18-11-8-14(12-26(18)19)13-6-9-15(10-7-13)20(21,22)23/h2-12H,1H3. The Kier molecular flexibility index (Phi) is 4.07. The number of nitrogens with zero attached hydrogens (tertiary/aromatic N) is 3. The molecule has 0 saturated heterocycles. The maximum Gasteiger partial charge on any atom is 0.416 e. The molecule has 0 aliphatic heterocycles. The number of halogens is 3. The molecule has 136 valence electrons. The van der Waals surface area contributed by atoms with Gasteiger partial charge < -0.3 is 4.74 Å². The van der Waals surface area contributed by atoms with Crippen molar-refractivity contribution in [1.29, 1.82) is 0 Å². The van der Waals surface area contributed by atoms with Crippen molar-refractivity contribution in [1.82, 2.24) is 14.6 Å². The quantitative estimate of drug-likeness (QED) is 0.505. The molecule has 0 saturated carbocycles. The summed E-state index contributed by atoms with van der Waals surface area (Å²) < 4.78 is 45.5. The van der Waals surface area contributed by atoms with Crippen molar-refractivity contribution in [3.63, 3.8) is 0 Å². The van der Waals surface area contributed by atoms with E-state index in [1.807, 2.05) is 24.3 Å². The predicted octanol–water partition coefficient (Wildman–Crippen LogP) is 5.09. The zero-order valence-electron chi connectivity index (χ0n) is 14.2. The Morgan fingerprint density at radius 3 is 2.26 bits per heavy atom. The minimum Gasteiger partial charge on any atom is -0.496 e. The average molecular weight is 369 g/mol. The Morgan fingerprint density at radius 1 is 0.852 bits per heavy atom. The van der Waals surface area contributed by atoms with Crippen LogP contribution >= 0.6 is 0 Å². The average Bonchev–Trinajstić information content (AvgIpc) is 3.10. The van der Waals surface area contributed by atoms with E-state index in [2.05, 4.69) is 10.2 Å². The summed E-state index contributed by atoms with van der Waals surface area (Å²) in [4.78, 5) is 0. The molecule has 27 heavy (non-hydrogen) atoms. The molecule has 4 aromatic rings. The fraction of sp³-hybridized carbons (Fsp3) is 0.100. The zero-order chi connectivity index (χ0) is 19.0. The van der Waals surface area contributed by atoms with Crippen molar-refractivity contribution >= 4 is 5.65 Å². The molecule has 0 N–H and O–H groups in total. The lowest BCUT2D eigenvalue weighted by atomic mass is 10.1. The summed E-state index contributed by atoms with van der Waals surface area (Å²) in [7, 11) is 1.58. The topological polar surface area (TPSA) is 39.4 Å². The highest BCUT2D eigenvalue weighted by Crippen LogP contribution is 2.32. The van der Waals surface area contributed by atoms with Crippen LogP contribution in [0.15, 0.2) is 66.9 Å². The highest BCUT2D eigenvalue weighted by Gasteiger charge is 2.30. The number of ether oxygens (including phenoxy) is 1. The van der Waals surface area contributed by atoms with Crippen LogP contribution in [0.3, 0.4) is 0 Å². The van der Waals surface area contributed by atoms with Gasteiger partial charge in [-0.15, -0.1) is 10.2 Å². The van der Waals surface area contributed by atoms with Crippen molar-refractivity contribution in [3.05, 3.63) is 72.4 Å². The number of aromatic nitrogens is 3. The van der Waals surface area contributed by atoms with Gasteiger partial charge in [0.1, 0.15) is 5.75 Å². The van der Waals surface area contributed by atoms with Crippen molar-refractivity contribution in [2.45, 2.75) is 6.18 Å². The Morgan fingerprint density at radius 2 is 1.56 bits per heavy atom. The first-order valence-electron chi connectivity index (χ1n) is 8.13. The monoisotopic (exact) mass is 369 g/mol. The first kappa shape index (κ1) is 17.1. The molecule has 4 nitrogen and oxygen atoms in total. The van der Waals surface area contributed by atoms with Crippen LogP contribution in [-0.4, -0.2) is 21.7 Å². The van der Waals surface area contributed by atoms with Gasteiger partial charge in [0.15, 0.2) is 11.5 Å². The van der Waals surface area contributed by atoms with E-state index in [1.54, 1.807) is 29.8 Å². The molecule has 0 amide bonds. The molecule has 7 heteroatoms. The van der Waals surface area contributed by atoms with Crippen LogP contribution in [0.2, 0.25) is 0 Å². The molecule has 0 fully saturated rings. The van der Waals surface area contributed by atoms with E-state index in [0.29, 0.717) is 22.8 Å². The van der Waals surface area contributed by atoms with E-state index in [4.69, 9.17) is 4.74 Å². The Bertz CT molecular complexity index is 1100. The lowest BCUT2D eigenvalue weighted by Crippen LogP contribution is -2.04. The number of methoxy groups -OCH3 is 1. The number of pyridine rings is 1. The number of rotatable bonds is 3. The molecule has 0 aliphatic carbocycles. The summed E-state index contributed by atoms with van der Waals surface area (Å²) >= 11 is 0. The largest absolute Gasteiger partial charge is 0.496 e. The van der Waals surface area contributed by atoms with E-state index in [1.165, 1.54) is 12.1 Å². The predicted molar refractivity (Wildman–Crippen MR) is 95.4 cm³/mol. The van der Waals surface area contributed by atoms with Gasteiger partial charge in [0.05, 0.1) is 18.2 Å². The summed E-state index contributed by atoms with van der Waals surface area (Å²) in [6.45, 7) is 0. The molecular formula is C20H14F3N3O. The molecule has 2 aromatic carbocycles. The van der Waals surface area contributed by atoms with Crippen molar-refractivity contribution < 1.29 is 17.9 Å². The number of hydrogen-bond donors (Lipinski definition) is 0. The second-order valence-electron chi connectivity index (χ2n) is 5.94. The van der Waals surface area contributed by atoms with Gasteiger partial charge >= 0.3 is 6.18 Å². The second-order valence-corrected chi connectivity index (χ2v) is 5.94. The maximum absolute atomic E-state index is 12.8. The number of para-hydroxylation sites is 1. The van der Waals surface area contributed by atoms with Crippen LogP contribution in [-0.2, 0) is 6.18 Å². The molecular weight excluding hydrogens is 355 g/mol.